The number of benzene rings is 2. The number of amides is 1. The summed E-state index contributed by atoms with van der Waals surface area (Å²) in [6.07, 6.45) is -1.45. The average molecular weight is 444 g/mol. The standard InChI is InChI=1S/C21H22ClNO6.Na.H/c1-3-17(20(25)27-16-12-10-15(22)11-13-16)23-21(26)29-18(4-2)28-19(24)14-8-6-5-7-9-14;;/h5-13,17-18H,3-4H2,1-2H3,(H,23,26);;. The van der Waals surface area contributed by atoms with Crippen LogP contribution in [0.5, 0.6) is 5.75 Å². The van der Waals surface area contributed by atoms with Crippen molar-refractivity contribution in [2.75, 3.05) is 0 Å². The van der Waals surface area contributed by atoms with Crippen LogP contribution in [0, 0.1) is 0 Å². The van der Waals surface area contributed by atoms with Gasteiger partial charge in [-0.3, -0.25) is 0 Å². The van der Waals surface area contributed by atoms with E-state index in [0.717, 1.165) is 0 Å². The molecule has 0 fully saturated rings. The van der Waals surface area contributed by atoms with Crippen molar-refractivity contribution in [3.8, 4) is 5.75 Å². The molecule has 0 spiro atoms. The van der Waals surface area contributed by atoms with E-state index in [9.17, 15) is 14.4 Å². The first kappa shape index (κ1) is 26.0. The van der Waals surface area contributed by atoms with Gasteiger partial charge in [0.25, 0.3) is 0 Å². The number of rotatable bonds is 8. The third-order valence-corrected chi connectivity index (χ3v) is 4.09. The van der Waals surface area contributed by atoms with Crippen molar-refractivity contribution < 1.29 is 28.6 Å². The fourth-order valence-electron chi connectivity index (χ4n) is 2.27. The summed E-state index contributed by atoms with van der Waals surface area (Å²) in [4.78, 5) is 36.5. The summed E-state index contributed by atoms with van der Waals surface area (Å²) in [6, 6.07) is 13.7. The van der Waals surface area contributed by atoms with Crippen LogP contribution in [0.15, 0.2) is 54.6 Å². The van der Waals surface area contributed by atoms with Crippen molar-refractivity contribution >= 4 is 59.2 Å². The molecule has 2 atom stereocenters. The first-order valence-electron chi connectivity index (χ1n) is 9.13. The van der Waals surface area contributed by atoms with E-state index in [2.05, 4.69) is 5.32 Å². The first-order chi connectivity index (χ1) is 13.9. The molecule has 7 nitrogen and oxygen atoms in total. The fourth-order valence-corrected chi connectivity index (χ4v) is 2.39. The number of nitrogens with one attached hydrogen (secondary N) is 1. The van der Waals surface area contributed by atoms with Gasteiger partial charge in [-0.05, 0) is 42.8 Å². The number of carbonyl (C=O) groups excluding carboxylic acids is 3. The molecule has 0 aromatic heterocycles. The fraction of sp³-hybridized carbons (Fsp3) is 0.286. The minimum absolute atomic E-state index is 0. The number of halogens is 1. The Balaban J connectivity index is 0.00000450. The molecule has 2 aromatic rings. The Morgan fingerprint density at radius 1 is 0.933 bits per heavy atom. The number of alkyl carbamates (subject to hydrolysis) is 1. The molecule has 0 aliphatic carbocycles. The van der Waals surface area contributed by atoms with Gasteiger partial charge in [-0.15, -0.1) is 0 Å². The summed E-state index contributed by atoms with van der Waals surface area (Å²) in [5.41, 5.74) is 0.341. The van der Waals surface area contributed by atoms with Crippen molar-refractivity contribution in [1.29, 1.82) is 0 Å². The van der Waals surface area contributed by atoms with Crippen LogP contribution in [0.3, 0.4) is 0 Å². The molecule has 0 aliphatic rings. The third-order valence-electron chi connectivity index (χ3n) is 3.84. The summed E-state index contributed by atoms with van der Waals surface area (Å²) in [7, 11) is 0. The monoisotopic (exact) mass is 443 g/mol. The van der Waals surface area contributed by atoms with Gasteiger partial charge in [-0.25, -0.2) is 14.4 Å². The molecule has 30 heavy (non-hydrogen) atoms. The van der Waals surface area contributed by atoms with Gasteiger partial charge in [0.05, 0.1) is 5.56 Å². The van der Waals surface area contributed by atoms with Crippen molar-refractivity contribution in [2.24, 2.45) is 0 Å². The Bertz CT molecular complexity index is 831. The Kier molecular flexibility index (Phi) is 11.5. The van der Waals surface area contributed by atoms with E-state index in [0.29, 0.717) is 16.3 Å². The second kappa shape index (κ2) is 13.3. The van der Waals surface area contributed by atoms with E-state index in [1.54, 1.807) is 68.4 Å². The zero-order chi connectivity index (χ0) is 21.2. The molecule has 0 radical (unpaired) electrons. The third kappa shape index (κ3) is 8.36. The second-order valence-corrected chi connectivity index (χ2v) is 6.43. The summed E-state index contributed by atoms with van der Waals surface area (Å²) >= 11 is 5.79. The summed E-state index contributed by atoms with van der Waals surface area (Å²) in [5.74, 6) is -0.961. The number of hydrogen-bond donors (Lipinski definition) is 1. The van der Waals surface area contributed by atoms with Gasteiger partial charge >= 0.3 is 47.6 Å². The molecule has 0 saturated heterocycles. The van der Waals surface area contributed by atoms with Crippen molar-refractivity contribution in [3.63, 3.8) is 0 Å². The second-order valence-electron chi connectivity index (χ2n) is 5.99. The van der Waals surface area contributed by atoms with Gasteiger partial charge in [-0.2, -0.15) is 0 Å². The van der Waals surface area contributed by atoms with Gasteiger partial charge in [0.15, 0.2) is 0 Å². The molecule has 156 valence electrons. The van der Waals surface area contributed by atoms with E-state index in [-0.39, 0.29) is 42.4 Å². The van der Waals surface area contributed by atoms with Crippen LogP contribution in [0.2, 0.25) is 5.02 Å². The van der Waals surface area contributed by atoms with Crippen molar-refractivity contribution in [2.45, 2.75) is 39.0 Å². The predicted octanol–water partition coefficient (Wildman–Crippen LogP) is 3.69. The van der Waals surface area contributed by atoms with Crippen LogP contribution in [0.4, 0.5) is 4.79 Å². The van der Waals surface area contributed by atoms with Gasteiger partial charge in [0.1, 0.15) is 11.8 Å². The molecule has 2 rings (SSSR count). The Morgan fingerprint density at radius 3 is 2.13 bits per heavy atom. The molecule has 0 saturated carbocycles. The molecule has 9 heteroatoms. The summed E-state index contributed by atoms with van der Waals surface area (Å²) in [5, 5.41) is 2.93. The maximum atomic E-state index is 12.3. The van der Waals surface area contributed by atoms with Crippen LogP contribution in [0.25, 0.3) is 0 Å². The Labute approximate surface area is 202 Å². The van der Waals surface area contributed by atoms with Gasteiger partial charge in [0.2, 0.25) is 6.29 Å². The number of hydrogen-bond acceptors (Lipinski definition) is 6. The quantitative estimate of drug-likeness (QED) is 0.289. The Hall–Kier alpha value is -2.06. The Morgan fingerprint density at radius 2 is 1.57 bits per heavy atom. The number of esters is 2. The van der Waals surface area contributed by atoms with Crippen LogP contribution >= 0.6 is 11.6 Å². The zero-order valence-corrected chi connectivity index (χ0v) is 16.8. The molecule has 2 aromatic carbocycles. The molecule has 0 bridgehead atoms. The van der Waals surface area contributed by atoms with E-state index in [4.69, 9.17) is 25.8 Å². The topological polar surface area (TPSA) is 90.9 Å². The van der Waals surface area contributed by atoms with Crippen LogP contribution in [-0.2, 0) is 14.3 Å². The molecule has 1 N–H and O–H groups in total. The van der Waals surface area contributed by atoms with E-state index < -0.39 is 30.4 Å². The molecule has 0 heterocycles. The molecular formula is C21H23ClNNaO6. The number of carbonyl (C=O) groups is 3. The van der Waals surface area contributed by atoms with Crippen molar-refractivity contribution in [1.82, 2.24) is 5.32 Å². The predicted molar refractivity (Wildman–Crippen MR) is 114 cm³/mol. The summed E-state index contributed by atoms with van der Waals surface area (Å²) in [6.45, 7) is 3.41. The normalized spacial score (nSPS) is 12.0. The van der Waals surface area contributed by atoms with Gasteiger partial charge in [0, 0.05) is 11.4 Å². The SMILES string of the molecule is CCC(OC(=O)NC(CC)C(=O)Oc1ccc(Cl)cc1)OC(=O)c1ccccc1.[NaH]. The van der Waals surface area contributed by atoms with Gasteiger partial charge in [-0.1, -0.05) is 43.6 Å². The molecule has 0 aliphatic heterocycles. The van der Waals surface area contributed by atoms with Crippen LogP contribution in [-0.4, -0.2) is 59.9 Å². The number of ether oxygens (including phenoxy) is 3. The van der Waals surface area contributed by atoms with E-state index in [1.165, 1.54) is 0 Å². The van der Waals surface area contributed by atoms with Crippen LogP contribution < -0.4 is 10.1 Å². The average Bonchev–Trinajstić information content (AvgIpc) is 2.73. The van der Waals surface area contributed by atoms with E-state index in [1.807, 2.05) is 0 Å². The zero-order valence-electron chi connectivity index (χ0n) is 16.1. The summed E-state index contributed by atoms with van der Waals surface area (Å²) < 4.78 is 15.5. The van der Waals surface area contributed by atoms with Gasteiger partial charge < -0.3 is 19.5 Å². The molecule has 2 unspecified atom stereocenters. The minimum atomic E-state index is -1.09. The van der Waals surface area contributed by atoms with Crippen molar-refractivity contribution in [3.05, 3.63) is 65.2 Å². The van der Waals surface area contributed by atoms with E-state index >= 15 is 0 Å². The van der Waals surface area contributed by atoms with Crippen LogP contribution in [0.1, 0.15) is 37.0 Å². The molecule has 1 amide bonds. The molecular weight excluding hydrogens is 421 g/mol. The first-order valence-corrected chi connectivity index (χ1v) is 9.51. The maximum absolute atomic E-state index is 12.3.